The fourth-order valence-corrected chi connectivity index (χ4v) is 2.95. The maximum atomic E-state index is 12.3. The average molecular weight is 323 g/mol. The molecule has 0 bridgehead atoms. The van der Waals surface area contributed by atoms with Crippen LogP contribution in [0, 0.1) is 13.8 Å². The number of quaternary nitrogens is 1. The predicted octanol–water partition coefficient (Wildman–Crippen LogP) is 1.83. The lowest BCUT2D eigenvalue weighted by Crippen LogP contribution is -3.08. The Balaban J connectivity index is 1.62. The Morgan fingerprint density at radius 3 is 2.62 bits per heavy atom. The molecule has 0 saturated carbocycles. The number of carbonyl (C=O) groups excluding carboxylic acids is 1. The number of rotatable bonds is 5. The number of amides is 1. The number of anilines is 1. The van der Waals surface area contributed by atoms with Crippen molar-refractivity contribution in [1.29, 1.82) is 0 Å². The van der Waals surface area contributed by atoms with E-state index < -0.39 is 0 Å². The number of likely N-dealkylation sites (N-methyl/N-ethyl adjacent to an activating group) is 1. The minimum Gasteiger partial charge on any atom is -0.326 e. The molecule has 5 nitrogen and oxygen atoms in total. The monoisotopic (exact) mass is 323 g/mol. The van der Waals surface area contributed by atoms with Crippen molar-refractivity contribution in [3.05, 3.63) is 59.4 Å². The maximum absolute atomic E-state index is 12.3. The van der Waals surface area contributed by atoms with Gasteiger partial charge in [-0.25, -0.2) is 0 Å². The van der Waals surface area contributed by atoms with Crippen molar-refractivity contribution in [3.63, 3.8) is 0 Å². The van der Waals surface area contributed by atoms with Crippen molar-refractivity contribution in [2.75, 3.05) is 18.9 Å². The van der Waals surface area contributed by atoms with E-state index in [9.17, 15) is 4.79 Å². The van der Waals surface area contributed by atoms with E-state index in [1.807, 2.05) is 33.0 Å². The van der Waals surface area contributed by atoms with E-state index in [0.717, 1.165) is 28.5 Å². The number of aryl methyl sites for hydroxylation is 2. The van der Waals surface area contributed by atoms with Gasteiger partial charge in [-0.3, -0.25) is 9.89 Å². The molecule has 0 fully saturated rings. The highest BCUT2D eigenvalue weighted by molar-refractivity contribution is 5.92. The Morgan fingerprint density at radius 2 is 1.92 bits per heavy atom. The van der Waals surface area contributed by atoms with Crippen LogP contribution in [-0.4, -0.2) is 29.7 Å². The van der Waals surface area contributed by atoms with Crippen molar-refractivity contribution < 1.29 is 9.69 Å². The number of hydrogen-bond donors (Lipinski definition) is 3. The summed E-state index contributed by atoms with van der Waals surface area (Å²) >= 11 is 0. The summed E-state index contributed by atoms with van der Waals surface area (Å²) in [5.41, 5.74) is 3.72. The predicted molar refractivity (Wildman–Crippen MR) is 96.1 cm³/mol. The Bertz CT molecular complexity index is 849. The van der Waals surface area contributed by atoms with Gasteiger partial charge in [0.1, 0.15) is 6.54 Å². The Kier molecular flexibility index (Phi) is 4.62. The Labute approximate surface area is 141 Å². The molecule has 0 spiro atoms. The molecule has 3 rings (SSSR count). The van der Waals surface area contributed by atoms with Gasteiger partial charge in [-0.2, -0.15) is 5.10 Å². The molecule has 1 unspecified atom stereocenters. The molecule has 1 atom stereocenters. The highest BCUT2D eigenvalue weighted by Crippen LogP contribution is 2.16. The van der Waals surface area contributed by atoms with E-state index in [1.54, 1.807) is 0 Å². The fraction of sp³-hybridized carbons (Fsp3) is 0.263. The number of aromatic amines is 1. The highest BCUT2D eigenvalue weighted by atomic mass is 16.2. The molecule has 1 aromatic heterocycles. The van der Waals surface area contributed by atoms with Crippen molar-refractivity contribution >= 4 is 22.4 Å². The summed E-state index contributed by atoms with van der Waals surface area (Å²) in [6, 6.07) is 14.8. The molecule has 0 saturated heterocycles. The Morgan fingerprint density at radius 1 is 1.17 bits per heavy atom. The number of hydrogen-bond acceptors (Lipinski definition) is 2. The first-order valence-electron chi connectivity index (χ1n) is 8.13. The normalized spacial score (nSPS) is 12.3. The topological polar surface area (TPSA) is 62.2 Å². The van der Waals surface area contributed by atoms with Crippen LogP contribution < -0.4 is 10.2 Å². The first-order chi connectivity index (χ1) is 11.5. The molecule has 0 radical (unpaired) electrons. The van der Waals surface area contributed by atoms with Crippen LogP contribution in [0.15, 0.2) is 42.5 Å². The summed E-state index contributed by atoms with van der Waals surface area (Å²) in [4.78, 5) is 13.4. The van der Waals surface area contributed by atoms with Gasteiger partial charge in [0.25, 0.3) is 5.91 Å². The van der Waals surface area contributed by atoms with Crippen LogP contribution in [0.2, 0.25) is 0 Å². The molecule has 24 heavy (non-hydrogen) atoms. The van der Waals surface area contributed by atoms with E-state index in [-0.39, 0.29) is 5.91 Å². The van der Waals surface area contributed by atoms with Gasteiger partial charge in [-0.15, -0.1) is 0 Å². The molecule has 0 aliphatic rings. The third-order valence-corrected chi connectivity index (χ3v) is 4.17. The van der Waals surface area contributed by atoms with E-state index in [2.05, 4.69) is 45.8 Å². The lowest BCUT2D eigenvalue weighted by molar-refractivity contribution is -0.885. The van der Waals surface area contributed by atoms with Gasteiger partial charge in [0, 0.05) is 5.56 Å². The van der Waals surface area contributed by atoms with Crippen LogP contribution in [0.3, 0.4) is 0 Å². The Hall–Kier alpha value is -2.66. The second-order valence-corrected chi connectivity index (χ2v) is 6.35. The lowest BCUT2D eigenvalue weighted by Gasteiger charge is -2.14. The van der Waals surface area contributed by atoms with Crippen LogP contribution in [0.25, 0.3) is 10.8 Å². The molecule has 3 aromatic rings. The standard InChI is InChI=1S/C19H22N4O/c1-13-19(14(2)22-21-13)20-18(24)12-23(3)11-15-8-9-16-6-4-5-7-17(16)10-15/h4-10H,11-12H2,1-3H3,(H,20,24)(H,21,22)/p+1. The van der Waals surface area contributed by atoms with Gasteiger partial charge in [0.05, 0.1) is 24.1 Å². The van der Waals surface area contributed by atoms with E-state index in [1.165, 1.54) is 16.3 Å². The average Bonchev–Trinajstić information content (AvgIpc) is 2.86. The van der Waals surface area contributed by atoms with E-state index >= 15 is 0 Å². The summed E-state index contributed by atoms with van der Waals surface area (Å²) in [5.74, 6) is 0.000823. The first-order valence-corrected chi connectivity index (χ1v) is 8.13. The van der Waals surface area contributed by atoms with Crippen molar-refractivity contribution in [3.8, 4) is 0 Å². The lowest BCUT2D eigenvalue weighted by atomic mass is 10.1. The molecule has 0 aliphatic heterocycles. The minimum absolute atomic E-state index is 0.000823. The largest absolute Gasteiger partial charge is 0.326 e. The van der Waals surface area contributed by atoms with Gasteiger partial charge in [-0.05, 0) is 30.7 Å². The number of aromatic nitrogens is 2. The van der Waals surface area contributed by atoms with Gasteiger partial charge in [0.15, 0.2) is 6.54 Å². The molecular formula is C19H23N4O+. The molecule has 3 N–H and O–H groups in total. The van der Waals surface area contributed by atoms with Crippen LogP contribution in [0.4, 0.5) is 5.69 Å². The van der Waals surface area contributed by atoms with Gasteiger partial charge in [0.2, 0.25) is 0 Å². The first kappa shape index (κ1) is 16.2. The zero-order valence-electron chi connectivity index (χ0n) is 14.3. The summed E-state index contributed by atoms with van der Waals surface area (Å²) in [7, 11) is 2.03. The van der Waals surface area contributed by atoms with Crippen LogP contribution in [0.1, 0.15) is 17.0 Å². The number of fused-ring (bicyclic) bond motifs is 1. The smallest absolute Gasteiger partial charge is 0.279 e. The number of benzene rings is 2. The van der Waals surface area contributed by atoms with Gasteiger partial charge >= 0.3 is 0 Å². The highest BCUT2D eigenvalue weighted by Gasteiger charge is 2.14. The van der Waals surface area contributed by atoms with Crippen molar-refractivity contribution in [1.82, 2.24) is 10.2 Å². The molecular weight excluding hydrogens is 300 g/mol. The summed E-state index contributed by atoms with van der Waals surface area (Å²) in [5, 5.41) is 12.4. The molecule has 124 valence electrons. The summed E-state index contributed by atoms with van der Waals surface area (Å²) in [6.07, 6.45) is 0. The summed E-state index contributed by atoms with van der Waals surface area (Å²) < 4.78 is 0. The minimum atomic E-state index is 0.000823. The number of carbonyl (C=O) groups is 1. The van der Waals surface area contributed by atoms with Crippen LogP contribution >= 0.6 is 0 Å². The summed E-state index contributed by atoms with van der Waals surface area (Å²) in [6.45, 7) is 5.00. The van der Waals surface area contributed by atoms with E-state index in [0.29, 0.717) is 6.54 Å². The fourth-order valence-electron chi connectivity index (χ4n) is 2.95. The number of nitrogens with zero attached hydrogens (tertiary/aromatic N) is 1. The quantitative estimate of drug-likeness (QED) is 0.671. The van der Waals surface area contributed by atoms with Gasteiger partial charge in [-0.1, -0.05) is 36.4 Å². The SMILES string of the molecule is Cc1n[nH]c(C)c1NC(=O)C[NH+](C)Cc1ccc2ccccc2c1. The second kappa shape index (κ2) is 6.84. The molecule has 0 aliphatic carbocycles. The van der Waals surface area contributed by atoms with Crippen molar-refractivity contribution in [2.24, 2.45) is 0 Å². The van der Waals surface area contributed by atoms with E-state index in [4.69, 9.17) is 0 Å². The molecule has 1 amide bonds. The van der Waals surface area contributed by atoms with Crippen LogP contribution in [-0.2, 0) is 11.3 Å². The molecule has 2 aromatic carbocycles. The maximum Gasteiger partial charge on any atom is 0.279 e. The molecule has 1 heterocycles. The zero-order valence-corrected chi connectivity index (χ0v) is 14.3. The second-order valence-electron chi connectivity index (χ2n) is 6.35. The third-order valence-electron chi connectivity index (χ3n) is 4.17. The zero-order chi connectivity index (χ0) is 17.1. The van der Waals surface area contributed by atoms with Crippen molar-refractivity contribution in [2.45, 2.75) is 20.4 Å². The third kappa shape index (κ3) is 3.63. The number of nitrogens with one attached hydrogen (secondary N) is 3. The number of H-pyrrole nitrogens is 1. The molecule has 5 heteroatoms. The van der Waals surface area contributed by atoms with Gasteiger partial charge < -0.3 is 10.2 Å². The van der Waals surface area contributed by atoms with Crippen LogP contribution in [0.5, 0.6) is 0 Å².